The van der Waals surface area contributed by atoms with Gasteiger partial charge in [-0.25, -0.2) is 0 Å². The zero-order valence-corrected chi connectivity index (χ0v) is 14.9. The quantitative estimate of drug-likeness (QED) is 0.578. The fraction of sp³-hybridized carbons (Fsp3) is 0.316. The lowest BCUT2D eigenvalue weighted by atomic mass is 9.75. The minimum Gasteiger partial charge on any atom is -0.426 e. The number of hydrogen-bond donors (Lipinski definition) is 4. The number of nitrogens with one attached hydrogen (secondary N) is 2. The molecule has 0 heterocycles. The van der Waals surface area contributed by atoms with Crippen LogP contribution in [0.1, 0.15) is 22.3 Å². The van der Waals surface area contributed by atoms with Crippen molar-refractivity contribution in [3.63, 3.8) is 0 Å². The summed E-state index contributed by atoms with van der Waals surface area (Å²) >= 11 is 0. The number of amides is 1. The zero-order chi connectivity index (χ0) is 18.4. The first kappa shape index (κ1) is 19.0. The predicted molar refractivity (Wildman–Crippen MR) is 101 cm³/mol. The molecular formula is C19H25BN2O3. The molecule has 6 heteroatoms. The van der Waals surface area contributed by atoms with Gasteiger partial charge in [-0.1, -0.05) is 35.9 Å². The van der Waals surface area contributed by atoms with E-state index in [1.54, 1.807) is 0 Å². The van der Waals surface area contributed by atoms with Crippen LogP contribution >= 0.6 is 0 Å². The van der Waals surface area contributed by atoms with Gasteiger partial charge in [-0.05, 0) is 49.1 Å². The van der Waals surface area contributed by atoms with Crippen molar-refractivity contribution in [3.05, 3.63) is 64.7 Å². The highest BCUT2D eigenvalue weighted by Crippen LogP contribution is 2.14. The summed E-state index contributed by atoms with van der Waals surface area (Å²) in [4.78, 5) is 12.3. The van der Waals surface area contributed by atoms with Gasteiger partial charge < -0.3 is 20.7 Å². The van der Waals surface area contributed by atoms with Crippen molar-refractivity contribution in [3.8, 4) is 0 Å². The largest absolute Gasteiger partial charge is 0.475 e. The third-order valence-corrected chi connectivity index (χ3v) is 4.25. The van der Waals surface area contributed by atoms with Gasteiger partial charge in [-0.2, -0.15) is 0 Å². The van der Waals surface area contributed by atoms with E-state index in [-0.39, 0.29) is 12.3 Å². The topological polar surface area (TPSA) is 81.6 Å². The van der Waals surface area contributed by atoms with Gasteiger partial charge in [0.1, 0.15) is 0 Å². The first-order chi connectivity index (χ1) is 11.9. The van der Waals surface area contributed by atoms with Gasteiger partial charge >= 0.3 is 7.12 Å². The van der Waals surface area contributed by atoms with Crippen molar-refractivity contribution in [1.29, 1.82) is 0 Å². The van der Waals surface area contributed by atoms with Gasteiger partial charge in [0.05, 0.1) is 12.4 Å². The first-order valence-electron chi connectivity index (χ1n) is 8.37. The summed E-state index contributed by atoms with van der Waals surface area (Å²) in [5.74, 6) is -0.981. The van der Waals surface area contributed by atoms with Crippen LogP contribution in [0.2, 0.25) is 0 Å². The maximum absolute atomic E-state index is 12.3. The molecule has 4 N–H and O–H groups in total. The molecule has 5 nitrogen and oxygen atoms in total. The maximum atomic E-state index is 12.3. The van der Waals surface area contributed by atoms with Crippen LogP contribution in [0.3, 0.4) is 0 Å². The second-order valence-corrected chi connectivity index (χ2v) is 6.35. The van der Waals surface area contributed by atoms with Gasteiger partial charge in [0, 0.05) is 12.7 Å². The molecule has 0 fully saturated rings. The van der Waals surface area contributed by atoms with E-state index in [1.165, 1.54) is 0 Å². The second-order valence-electron chi connectivity index (χ2n) is 6.35. The van der Waals surface area contributed by atoms with Crippen LogP contribution in [0.4, 0.5) is 5.69 Å². The molecule has 0 aliphatic carbocycles. The van der Waals surface area contributed by atoms with Crippen LogP contribution < -0.4 is 10.6 Å². The van der Waals surface area contributed by atoms with E-state index in [0.29, 0.717) is 6.42 Å². The third kappa shape index (κ3) is 5.62. The summed E-state index contributed by atoms with van der Waals surface area (Å²) in [6, 6.07) is 13.5. The summed E-state index contributed by atoms with van der Waals surface area (Å²) in [6.45, 7) is 3.99. The van der Waals surface area contributed by atoms with Gasteiger partial charge in [-0.3, -0.25) is 4.79 Å². The molecule has 2 aromatic rings. The van der Waals surface area contributed by atoms with Crippen molar-refractivity contribution in [1.82, 2.24) is 5.32 Å². The number of benzene rings is 2. The van der Waals surface area contributed by atoms with Crippen molar-refractivity contribution in [2.24, 2.45) is 0 Å². The van der Waals surface area contributed by atoms with Crippen LogP contribution in [0.5, 0.6) is 0 Å². The van der Waals surface area contributed by atoms with Crippen molar-refractivity contribution >= 4 is 18.7 Å². The summed E-state index contributed by atoms with van der Waals surface area (Å²) < 4.78 is 0. The molecule has 0 aliphatic heterocycles. The standard InChI is InChI=1S/C19H25BN2O3/c1-13-4-7-16(14(2)10-13)12-18(20(24)25)22-19(23)11-15-5-8-17(21-3)9-6-15/h4-10,18,21,24-25H,11-12H2,1-3H3,(H,22,23)/t18-/m0/s1. The van der Waals surface area contributed by atoms with Gasteiger partial charge in [0.25, 0.3) is 0 Å². The summed E-state index contributed by atoms with van der Waals surface area (Å²) in [5.41, 5.74) is 5.05. The summed E-state index contributed by atoms with van der Waals surface area (Å²) in [6.07, 6.45) is 0.564. The van der Waals surface area contributed by atoms with Crippen LogP contribution in [0, 0.1) is 13.8 Å². The van der Waals surface area contributed by atoms with E-state index in [1.807, 2.05) is 63.4 Å². The fourth-order valence-electron chi connectivity index (χ4n) is 2.78. The average molecular weight is 340 g/mol. The first-order valence-corrected chi connectivity index (χ1v) is 8.37. The monoisotopic (exact) mass is 340 g/mol. The number of carbonyl (C=O) groups excluding carboxylic acids is 1. The Morgan fingerprint density at radius 3 is 2.36 bits per heavy atom. The molecule has 2 rings (SSSR count). The van der Waals surface area contributed by atoms with Gasteiger partial charge in [0.15, 0.2) is 0 Å². The Bertz CT molecular complexity index is 717. The van der Waals surface area contributed by atoms with Crippen molar-refractivity contribution < 1.29 is 14.8 Å². The molecule has 25 heavy (non-hydrogen) atoms. The average Bonchev–Trinajstić information content (AvgIpc) is 2.57. The molecule has 1 atom stereocenters. The van der Waals surface area contributed by atoms with Gasteiger partial charge in [0.2, 0.25) is 5.91 Å². The molecule has 1 amide bonds. The highest BCUT2D eigenvalue weighted by atomic mass is 16.4. The Hall–Kier alpha value is -2.31. The Kier molecular flexibility index (Phi) is 6.61. The van der Waals surface area contributed by atoms with E-state index in [9.17, 15) is 14.8 Å². The van der Waals surface area contributed by atoms with Gasteiger partial charge in [-0.15, -0.1) is 0 Å². The van der Waals surface area contributed by atoms with Crippen molar-refractivity contribution in [2.75, 3.05) is 12.4 Å². The molecule has 0 unspecified atom stereocenters. The molecule has 0 spiro atoms. The van der Waals surface area contributed by atoms with E-state index in [2.05, 4.69) is 10.6 Å². The molecule has 2 aromatic carbocycles. The minimum absolute atomic E-state index is 0.195. The van der Waals surface area contributed by atoms with Crippen LogP contribution in [0.25, 0.3) is 0 Å². The maximum Gasteiger partial charge on any atom is 0.475 e. The highest BCUT2D eigenvalue weighted by molar-refractivity contribution is 6.43. The number of hydrogen-bond acceptors (Lipinski definition) is 4. The summed E-state index contributed by atoms with van der Waals surface area (Å²) in [7, 11) is 0.221. The zero-order valence-electron chi connectivity index (χ0n) is 14.9. The fourth-order valence-corrected chi connectivity index (χ4v) is 2.78. The van der Waals surface area contributed by atoms with E-state index in [4.69, 9.17) is 0 Å². The van der Waals surface area contributed by atoms with Crippen LogP contribution in [-0.4, -0.2) is 36.1 Å². The number of rotatable bonds is 7. The Morgan fingerprint density at radius 1 is 1.12 bits per heavy atom. The highest BCUT2D eigenvalue weighted by Gasteiger charge is 2.26. The second kappa shape index (κ2) is 8.69. The SMILES string of the molecule is CNc1ccc(CC(=O)N[C@@H](Cc2ccc(C)cc2C)B(O)O)cc1. The normalized spacial score (nSPS) is 11.7. The molecule has 0 bridgehead atoms. The van der Waals surface area contributed by atoms with Crippen LogP contribution in [-0.2, 0) is 17.6 Å². The minimum atomic E-state index is -1.61. The molecule has 0 radical (unpaired) electrons. The smallest absolute Gasteiger partial charge is 0.426 e. The van der Waals surface area contributed by atoms with Crippen LogP contribution in [0.15, 0.2) is 42.5 Å². The Labute approximate surface area is 149 Å². The number of aryl methyl sites for hydroxylation is 2. The lowest BCUT2D eigenvalue weighted by Crippen LogP contribution is -2.48. The molecule has 0 saturated carbocycles. The van der Waals surface area contributed by atoms with E-state index >= 15 is 0 Å². The molecule has 0 aliphatic rings. The molecule has 132 valence electrons. The Morgan fingerprint density at radius 2 is 1.80 bits per heavy atom. The molecule has 0 saturated heterocycles. The Balaban J connectivity index is 2.01. The molecule has 0 aromatic heterocycles. The number of carbonyl (C=O) groups is 1. The van der Waals surface area contributed by atoms with E-state index in [0.717, 1.165) is 27.9 Å². The summed E-state index contributed by atoms with van der Waals surface area (Å²) in [5, 5.41) is 25.0. The lowest BCUT2D eigenvalue weighted by Gasteiger charge is -2.19. The number of anilines is 1. The predicted octanol–water partition coefficient (Wildman–Crippen LogP) is 1.63. The third-order valence-electron chi connectivity index (χ3n) is 4.25. The van der Waals surface area contributed by atoms with E-state index < -0.39 is 13.1 Å². The van der Waals surface area contributed by atoms with Crippen molar-refractivity contribution in [2.45, 2.75) is 32.6 Å². The molecular weight excluding hydrogens is 315 g/mol. The lowest BCUT2D eigenvalue weighted by molar-refractivity contribution is -0.120.